The van der Waals surface area contributed by atoms with E-state index in [9.17, 15) is 0 Å². The van der Waals surface area contributed by atoms with Crippen LogP contribution in [-0.2, 0) is 0 Å². The molecule has 1 fully saturated rings. The van der Waals surface area contributed by atoms with Crippen molar-refractivity contribution in [2.45, 2.75) is 38.1 Å². The fourth-order valence-electron chi connectivity index (χ4n) is 2.52. The monoisotopic (exact) mass is 325 g/mol. The Morgan fingerprint density at radius 3 is 2.90 bits per heavy atom. The molecular weight excluding hydrogens is 310 g/mol. The molecule has 0 atom stereocenters. The molecule has 0 radical (unpaired) electrons. The Morgan fingerprint density at radius 2 is 2.10 bits per heavy atom. The van der Waals surface area contributed by atoms with Crippen LogP contribution in [0, 0.1) is 0 Å². The lowest BCUT2D eigenvalue weighted by Gasteiger charge is -2.23. The molecule has 2 N–H and O–H groups in total. The smallest absolute Gasteiger partial charge is 0.190 e. The molecule has 0 spiro atoms. The van der Waals surface area contributed by atoms with Crippen LogP contribution >= 0.6 is 35.2 Å². The number of fused-ring (bicyclic) bond motifs is 1. The summed E-state index contributed by atoms with van der Waals surface area (Å²) in [5, 5.41) is 8.78. The predicted octanol–water partition coefficient (Wildman–Crippen LogP) is 4.57. The molecule has 1 aromatic heterocycles. The third kappa shape index (κ3) is 3.40. The van der Waals surface area contributed by atoms with E-state index in [1.165, 1.54) is 32.1 Å². The predicted molar refractivity (Wildman–Crippen MR) is 90.9 cm³/mol. The van der Waals surface area contributed by atoms with E-state index in [-0.39, 0.29) is 0 Å². The van der Waals surface area contributed by atoms with Crippen molar-refractivity contribution in [1.29, 1.82) is 0 Å². The number of nitrogens with one attached hydrogen (secondary N) is 2. The molecule has 0 aliphatic heterocycles. The maximum absolute atomic E-state index is 5.98. The summed E-state index contributed by atoms with van der Waals surface area (Å²) in [4.78, 5) is 4.51. The summed E-state index contributed by atoms with van der Waals surface area (Å²) in [6.45, 7) is 0. The van der Waals surface area contributed by atoms with E-state index in [2.05, 4.69) is 15.6 Å². The lowest BCUT2D eigenvalue weighted by Crippen LogP contribution is -2.38. The van der Waals surface area contributed by atoms with E-state index >= 15 is 0 Å². The molecule has 1 aliphatic carbocycles. The van der Waals surface area contributed by atoms with Gasteiger partial charge in [0.15, 0.2) is 10.2 Å². The zero-order valence-corrected chi connectivity index (χ0v) is 13.4. The highest BCUT2D eigenvalue weighted by Gasteiger charge is 2.14. The molecule has 0 amide bonds. The lowest BCUT2D eigenvalue weighted by atomic mass is 9.96. The van der Waals surface area contributed by atoms with Crippen LogP contribution in [0.4, 0.5) is 5.13 Å². The molecule has 3 rings (SSSR count). The molecule has 0 bridgehead atoms. The quantitative estimate of drug-likeness (QED) is 0.793. The fourth-order valence-corrected chi connectivity index (χ4v) is 3.99. The van der Waals surface area contributed by atoms with Gasteiger partial charge >= 0.3 is 0 Å². The maximum Gasteiger partial charge on any atom is 0.190 e. The van der Waals surface area contributed by atoms with E-state index < -0.39 is 0 Å². The number of halogens is 1. The first-order valence-electron chi connectivity index (χ1n) is 6.84. The van der Waals surface area contributed by atoms with E-state index in [1.54, 1.807) is 11.3 Å². The first-order valence-corrected chi connectivity index (χ1v) is 8.44. The number of hydrogen-bond donors (Lipinski definition) is 2. The summed E-state index contributed by atoms with van der Waals surface area (Å²) in [5.41, 5.74) is 0.947. The molecular formula is C14H16ClN3S2. The molecule has 2 aromatic rings. The van der Waals surface area contributed by atoms with Crippen LogP contribution in [0.2, 0.25) is 5.02 Å². The minimum Gasteiger partial charge on any atom is -0.360 e. The van der Waals surface area contributed by atoms with E-state index in [0.717, 1.165) is 20.4 Å². The number of rotatable bonds is 2. The van der Waals surface area contributed by atoms with Crippen molar-refractivity contribution < 1.29 is 0 Å². The summed E-state index contributed by atoms with van der Waals surface area (Å²) in [5.74, 6) is 0. The standard InChI is InChI=1S/C14H16ClN3S2/c15-9-6-7-11-12(8-9)20-14(17-11)18-13(19)16-10-4-2-1-3-5-10/h6-8,10H,1-5H2,(H2,16,17,18,19). The van der Waals surface area contributed by atoms with Crippen LogP contribution in [0.5, 0.6) is 0 Å². The molecule has 106 valence electrons. The summed E-state index contributed by atoms with van der Waals surface area (Å²) in [6, 6.07) is 6.22. The number of hydrogen-bond acceptors (Lipinski definition) is 3. The zero-order valence-electron chi connectivity index (χ0n) is 11.0. The Hall–Kier alpha value is -0.910. The highest BCUT2D eigenvalue weighted by Crippen LogP contribution is 2.28. The van der Waals surface area contributed by atoms with E-state index in [0.29, 0.717) is 11.2 Å². The van der Waals surface area contributed by atoms with Crippen LogP contribution in [0.25, 0.3) is 10.2 Å². The molecule has 6 heteroatoms. The van der Waals surface area contributed by atoms with Crippen molar-refractivity contribution in [1.82, 2.24) is 10.3 Å². The van der Waals surface area contributed by atoms with Gasteiger partial charge in [-0.05, 0) is 43.3 Å². The number of nitrogens with zero attached hydrogens (tertiary/aromatic N) is 1. The van der Waals surface area contributed by atoms with Gasteiger partial charge in [-0.25, -0.2) is 4.98 Å². The number of anilines is 1. The van der Waals surface area contributed by atoms with Gasteiger partial charge in [0.2, 0.25) is 0 Å². The Balaban J connectivity index is 1.64. The third-order valence-corrected chi connectivity index (χ3v) is 4.90. The molecule has 3 nitrogen and oxygen atoms in total. The summed E-state index contributed by atoms with van der Waals surface area (Å²) in [7, 11) is 0. The average Bonchev–Trinajstić information content (AvgIpc) is 2.80. The van der Waals surface area contributed by atoms with E-state index in [4.69, 9.17) is 23.8 Å². The molecule has 20 heavy (non-hydrogen) atoms. The molecule has 1 heterocycles. The Bertz CT molecular complexity index is 620. The summed E-state index contributed by atoms with van der Waals surface area (Å²) in [6.07, 6.45) is 6.34. The van der Waals surface area contributed by atoms with Crippen LogP contribution in [-0.4, -0.2) is 16.1 Å². The SMILES string of the molecule is S=C(Nc1nc2ccc(Cl)cc2s1)NC1CCCCC1. The minimum atomic E-state index is 0.507. The van der Waals surface area contributed by atoms with Gasteiger partial charge in [0.25, 0.3) is 0 Å². The normalized spacial score (nSPS) is 16.2. The van der Waals surface area contributed by atoms with Gasteiger partial charge in [-0.15, -0.1) is 0 Å². The van der Waals surface area contributed by atoms with Crippen molar-refractivity contribution in [3.8, 4) is 0 Å². The Labute approximate surface area is 132 Å². The summed E-state index contributed by atoms with van der Waals surface area (Å²) < 4.78 is 1.07. The van der Waals surface area contributed by atoms with Crippen molar-refractivity contribution >= 4 is 55.6 Å². The second-order valence-electron chi connectivity index (χ2n) is 5.06. The first kappa shape index (κ1) is 14.0. The molecule has 1 saturated carbocycles. The van der Waals surface area contributed by atoms with Crippen LogP contribution in [0.3, 0.4) is 0 Å². The lowest BCUT2D eigenvalue weighted by molar-refractivity contribution is 0.415. The van der Waals surface area contributed by atoms with Crippen molar-refractivity contribution in [3.63, 3.8) is 0 Å². The zero-order chi connectivity index (χ0) is 13.9. The van der Waals surface area contributed by atoms with E-state index in [1.807, 2.05) is 18.2 Å². The number of benzene rings is 1. The van der Waals surface area contributed by atoms with Gasteiger partial charge in [-0.2, -0.15) is 0 Å². The van der Waals surface area contributed by atoms with Crippen molar-refractivity contribution in [2.75, 3.05) is 5.32 Å². The van der Waals surface area contributed by atoms with Crippen LogP contribution < -0.4 is 10.6 Å². The highest BCUT2D eigenvalue weighted by atomic mass is 35.5. The molecule has 1 aliphatic rings. The minimum absolute atomic E-state index is 0.507. The molecule has 0 unspecified atom stereocenters. The third-order valence-electron chi connectivity index (χ3n) is 3.51. The van der Waals surface area contributed by atoms with Gasteiger partial charge in [0.05, 0.1) is 10.2 Å². The van der Waals surface area contributed by atoms with Crippen LogP contribution in [0.15, 0.2) is 18.2 Å². The second-order valence-corrected chi connectivity index (χ2v) is 6.94. The number of thiocarbonyl (C=S) groups is 1. The second kappa shape index (κ2) is 6.24. The van der Waals surface area contributed by atoms with Gasteiger partial charge in [0.1, 0.15) is 0 Å². The van der Waals surface area contributed by atoms with Gasteiger partial charge < -0.3 is 10.6 Å². The average molecular weight is 326 g/mol. The highest BCUT2D eigenvalue weighted by molar-refractivity contribution is 7.80. The van der Waals surface area contributed by atoms with Crippen molar-refractivity contribution in [2.24, 2.45) is 0 Å². The maximum atomic E-state index is 5.98. The number of aromatic nitrogens is 1. The molecule has 1 aromatic carbocycles. The largest absolute Gasteiger partial charge is 0.360 e. The Kier molecular flexibility index (Phi) is 4.38. The topological polar surface area (TPSA) is 37.0 Å². The van der Waals surface area contributed by atoms with Gasteiger partial charge in [0, 0.05) is 11.1 Å². The van der Waals surface area contributed by atoms with Gasteiger partial charge in [-0.3, -0.25) is 0 Å². The van der Waals surface area contributed by atoms with Crippen LogP contribution in [0.1, 0.15) is 32.1 Å². The number of thiazole rings is 1. The van der Waals surface area contributed by atoms with Crippen molar-refractivity contribution in [3.05, 3.63) is 23.2 Å². The fraction of sp³-hybridized carbons (Fsp3) is 0.429. The summed E-state index contributed by atoms with van der Waals surface area (Å²) >= 11 is 12.9. The Morgan fingerprint density at radius 1 is 1.30 bits per heavy atom. The first-order chi connectivity index (χ1) is 9.70. The molecule has 0 saturated heterocycles. The van der Waals surface area contributed by atoms with Gasteiger partial charge in [-0.1, -0.05) is 42.2 Å².